The first-order chi connectivity index (χ1) is 20.8. The van der Waals surface area contributed by atoms with E-state index in [1.165, 1.54) is 20.9 Å². The van der Waals surface area contributed by atoms with Crippen LogP contribution in [-0.4, -0.2) is 9.97 Å². The molecule has 0 atom stereocenters. The normalized spacial score (nSPS) is 11.8. The van der Waals surface area contributed by atoms with Crippen molar-refractivity contribution < 1.29 is 4.42 Å². The number of hydrogen-bond acceptors (Lipinski definition) is 4. The van der Waals surface area contributed by atoms with Crippen LogP contribution < -0.4 is 0 Å². The zero-order valence-corrected chi connectivity index (χ0v) is 23.2. The molecule has 3 aromatic heterocycles. The first-order valence-corrected chi connectivity index (χ1v) is 14.8. The van der Waals surface area contributed by atoms with Crippen LogP contribution >= 0.6 is 11.3 Å². The van der Waals surface area contributed by atoms with Gasteiger partial charge in [-0.3, -0.25) is 0 Å². The number of rotatable bonds is 3. The van der Waals surface area contributed by atoms with Gasteiger partial charge in [0, 0.05) is 32.0 Å². The Balaban J connectivity index is 1.32. The van der Waals surface area contributed by atoms with E-state index in [4.69, 9.17) is 14.4 Å². The lowest BCUT2D eigenvalue weighted by atomic mass is 9.97. The van der Waals surface area contributed by atoms with Crippen molar-refractivity contribution in [3.05, 3.63) is 133 Å². The molecule has 0 saturated heterocycles. The lowest BCUT2D eigenvalue weighted by Crippen LogP contribution is -1.94. The zero-order chi connectivity index (χ0) is 27.6. The summed E-state index contributed by atoms with van der Waals surface area (Å²) in [5.41, 5.74) is 8.07. The van der Waals surface area contributed by atoms with Gasteiger partial charge in [-0.15, -0.1) is 11.3 Å². The summed E-state index contributed by atoms with van der Waals surface area (Å²) in [5.74, 6) is 0.722. The lowest BCUT2D eigenvalue weighted by Gasteiger charge is -2.09. The Morgan fingerprint density at radius 1 is 0.524 bits per heavy atom. The highest BCUT2D eigenvalue weighted by molar-refractivity contribution is 7.26. The van der Waals surface area contributed by atoms with Gasteiger partial charge in [-0.25, -0.2) is 9.97 Å². The molecule has 0 aliphatic rings. The molecule has 3 nitrogen and oxygen atoms in total. The maximum absolute atomic E-state index is 6.19. The number of hydrogen-bond donors (Lipinski definition) is 0. The topological polar surface area (TPSA) is 38.9 Å². The van der Waals surface area contributed by atoms with Gasteiger partial charge in [0.25, 0.3) is 0 Å². The van der Waals surface area contributed by atoms with Gasteiger partial charge >= 0.3 is 0 Å². The molecule has 0 radical (unpaired) electrons. The van der Waals surface area contributed by atoms with Gasteiger partial charge in [0.1, 0.15) is 11.2 Å². The average molecular weight is 555 g/mol. The van der Waals surface area contributed by atoms with Gasteiger partial charge in [-0.1, -0.05) is 109 Å². The molecule has 9 rings (SSSR count). The number of thiophene rings is 1. The Hall–Kier alpha value is -5.32. The molecule has 0 spiro atoms. The highest BCUT2D eigenvalue weighted by Crippen LogP contribution is 2.43. The molecule has 0 amide bonds. The molecule has 0 bridgehead atoms. The number of fused-ring (bicyclic) bond motifs is 8. The molecule has 0 unspecified atom stereocenters. The van der Waals surface area contributed by atoms with Gasteiger partial charge < -0.3 is 4.42 Å². The van der Waals surface area contributed by atoms with Gasteiger partial charge in [0.05, 0.1) is 15.9 Å². The van der Waals surface area contributed by atoms with Crippen LogP contribution in [-0.2, 0) is 0 Å². The fourth-order valence-electron chi connectivity index (χ4n) is 6.17. The standard InChI is InChI=1S/C38H22N2OS/c1-2-11-24(12-3-1)35-37-36(34-27-15-5-4-10-23(27)20-21-32(34)42-37)40-38(39-35)26-14-8-13-25(22-26)28-17-9-19-31-33(28)29-16-6-7-18-30(29)41-31/h1-22H. The van der Waals surface area contributed by atoms with Crippen molar-refractivity contribution in [1.82, 2.24) is 9.97 Å². The van der Waals surface area contributed by atoms with Crippen LogP contribution in [0.1, 0.15) is 0 Å². The summed E-state index contributed by atoms with van der Waals surface area (Å²) < 4.78 is 8.52. The minimum atomic E-state index is 0.722. The van der Waals surface area contributed by atoms with E-state index in [0.29, 0.717) is 0 Å². The molecular weight excluding hydrogens is 532 g/mol. The van der Waals surface area contributed by atoms with Crippen molar-refractivity contribution in [2.24, 2.45) is 0 Å². The molecule has 0 N–H and O–H groups in total. The van der Waals surface area contributed by atoms with Gasteiger partial charge in [0.2, 0.25) is 0 Å². The van der Waals surface area contributed by atoms with E-state index < -0.39 is 0 Å². The van der Waals surface area contributed by atoms with Crippen molar-refractivity contribution in [1.29, 1.82) is 0 Å². The Kier molecular flexibility index (Phi) is 5.07. The van der Waals surface area contributed by atoms with Crippen molar-refractivity contribution >= 4 is 64.4 Å². The maximum Gasteiger partial charge on any atom is 0.160 e. The van der Waals surface area contributed by atoms with Crippen LogP contribution in [0.3, 0.4) is 0 Å². The molecule has 4 heteroatoms. The van der Waals surface area contributed by atoms with E-state index in [2.05, 4.69) is 109 Å². The van der Waals surface area contributed by atoms with E-state index in [-0.39, 0.29) is 0 Å². The minimum absolute atomic E-state index is 0.722. The third-order valence-corrected chi connectivity index (χ3v) is 9.24. The Labute approximate surface area is 245 Å². The summed E-state index contributed by atoms with van der Waals surface area (Å²) in [7, 11) is 0. The molecule has 0 fully saturated rings. The van der Waals surface area contributed by atoms with Gasteiger partial charge in [-0.05, 0) is 46.2 Å². The summed E-state index contributed by atoms with van der Waals surface area (Å²) in [6.07, 6.45) is 0. The van der Waals surface area contributed by atoms with Crippen LogP contribution in [0.25, 0.3) is 86.8 Å². The highest BCUT2D eigenvalue weighted by atomic mass is 32.1. The zero-order valence-electron chi connectivity index (χ0n) is 22.4. The molecule has 196 valence electrons. The summed E-state index contributed by atoms with van der Waals surface area (Å²) in [6, 6.07) is 46.5. The van der Waals surface area contributed by atoms with E-state index in [1.54, 1.807) is 11.3 Å². The van der Waals surface area contributed by atoms with Crippen LogP contribution in [0.4, 0.5) is 0 Å². The van der Waals surface area contributed by atoms with Crippen LogP contribution in [0.15, 0.2) is 138 Å². The summed E-state index contributed by atoms with van der Waals surface area (Å²) in [5, 5.41) is 5.88. The second-order valence-corrected chi connectivity index (χ2v) is 11.6. The van der Waals surface area contributed by atoms with Crippen molar-refractivity contribution in [2.45, 2.75) is 0 Å². The quantitative estimate of drug-likeness (QED) is 0.218. The van der Waals surface area contributed by atoms with Crippen molar-refractivity contribution in [3.8, 4) is 33.8 Å². The SMILES string of the molecule is c1ccc(-c2nc(-c3cccc(-c4cccc5oc6ccccc6c45)c3)nc3c2sc2ccc4ccccc4c23)cc1. The smallest absolute Gasteiger partial charge is 0.160 e. The molecule has 42 heavy (non-hydrogen) atoms. The van der Waals surface area contributed by atoms with Crippen LogP contribution in [0.2, 0.25) is 0 Å². The molecule has 0 saturated carbocycles. The maximum atomic E-state index is 6.19. The number of para-hydroxylation sites is 1. The summed E-state index contributed by atoms with van der Waals surface area (Å²) in [6.45, 7) is 0. The predicted molar refractivity (Wildman–Crippen MR) is 176 cm³/mol. The highest BCUT2D eigenvalue weighted by Gasteiger charge is 2.19. The monoisotopic (exact) mass is 554 g/mol. The van der Waals surface area contributed by atoms with Crippen LogP contribution in [0, 0.1) is 0 Å². The van der Waals surface area contributed by atoms with E-state index in [0.717, 1.165) is 65.9 Å². The van der Waals surface area contributed by atoms with E-state index in [9.17, 15) is 0 Å². The minimum Gasteiger partial charge on any atom is -0.456 e. The molecule has 0 aliphatic heterocycles. The Bertz CT molecular complexity index is 2470. The van der Waals surface area contributed by atoms with E-state index >= 15 is 0 Å². The first kappa shape index (κ1) is 23.4. The second-order valence-electron chi connectivity index (χ2n) is 10.6. The molecule has 3 heterocycles. The first-order valence-electron chi connectivity index (χ1n) is 14.0. The Morgan fingerprint density at radius 2 is 1.26 bits per heavy atom. The van der Waals surface area contributed by atoms with Gasteiger partial charge in [0.15, 0.2) is 5.82 Å². The summed E-state index contributed by atoms with van der Waals surface area (Å²) >= 11 is 1.77. The average Bonchev–Trinajstić information content (AvgIpc) is 3.63. The van der Waals surface area contributed by atoms with Crippen molar-refractivity contribution in [3.63, 3.8) is 0 Å². The summed E-state index contributed by atoms with van der Waals surface area (Å²) in [4.78, 5) is 10.5. The third-order valence-electron chi connectivity index (χ3n) is 8.09. The Morgan fingerprint density at radius 3 is 2.19 bits per heavy atom. The number of aromatic nitrogens is 2. The van der Waals surface area contributed by atoms with Gasteiger partial charge in [-0.2, -0.15) is 0 Å². The molecule has 6 aromatic carbocycles. The second kappa shape index (κ2) is 9.10. The fraction of sp³-hybridized carbons (Fsp3) is 0. The predicted octanol–water partition coefficient (Wildman–Crippen LogP) is 10.9. The molecule has 0 aliphatic carbocycles. The number of nitrogens with zero attached hydrogens (tertiary/aromatic N) is 2. The molecule has 9 aromatic rings. The lowest BCUT2D eigenvalue weighted by molar-refractivity contribution is 0.669. The van der Waals surface area contributed by atoms with Crippen molar-refractivity contribution in [2.75, 3.05) is 0 Å². The fourth-order valence-corrected chi connectivity index (χ4v) is 7.34. The number of furan rings is 1. The third kappa shape index (κ3) is 3.52. The van der Waals surface area contributed by atoms with E-state index in [1.807, 2.05) is 24.3 Å². The van der Waals surface area contributed by atoms with Crippen LogP contribution in [0.5, 0.6) is 0 Å². The molecular formula is C38H22N2OS. The largest absolute Gasteiger partial charge is 0.456 e. The number of benzene rings is 6.